The second kappa shape index (κ2) is 20.9. The second-order valence-corrected chi connectivity index (χ2v) is 17.6. The molecule has 3 fully saturated rings. The molecule has 13 nitrogen and oxygen atoms in total. The van der Waals surface area contributed by atoms with E-state index in [2.05, 4.69) is 22.0 Å². The summed E-state index contributed by atoms with van der Waals surface area (Å²) in [5.41, 5.74) is -0.881. The molecule has 0 spiro atoms. The van der Waals surface area contributed by atoms with Crippen LogP contribution in [-0.2, 0) is 44.8 Å². The SMILES string of the molecule is CCCCN(C)[C@H]1C[C@@H](C)O[C@@H](O[C@@H]2[C@@H](C)C(=O)[C@@H](C)C(=O)O[C@H](CC)[C@@](C)(O)[C@@H]3CC/C(=N\OCc4ccccc4)CO[C@]2(C)C[C@@H](C)/C(=N\C(C)=O)[C@@H]3C)[C@@H]1O. The summed E-state index contributed by atoms with van der Waals surface area (Å²) in [6.45, 7) is 18.9. The number of hydrogen-bond acceptors (Lipinski definition) is 12. The van der Waals surface area contributed by atoms with Gasteiger partial charge in [0.2, 0.25) is 5.91 Å². The molecule has 0 saturated carbocycles. The van der Waals surface area contributed by atoms with Crippen molar-refractivity contribution in [2.24, 2.45) is 39.7 Å². The van der Waals surface area contributed by atoms with Gasteiger partial charge < -0.3 is 38.9 Å². The van der Waals surface area contributed by atoms with Crippen LogP contribution < -0.4 is 0 Å². The van der Waals surface area contributed by atoms with Gasteiger partial charge in [0.05, 0.1) is 30.1 Å². The molecule has 58 heavy (non-hydrogen) atoms. The number of cyclic esters (lactones) is 1. The minimum absolute atomic E-state index is 0.0176. The number of ether oxygens (including phenoxy) is 4. The Balaban J connectivity index is 1.92. The molecular formula is C45H71N3O10. The highest BCUT2D eigenvalue weighted by atomic mass is 16.7. The summed E-state index contributed by atoms with van der Waals surface area (Å²) in [6.07, 6.45) is -0.816. The molecule has 0 aliphatic carbocycles. The molecule has 1 aromatic carbocycles. The molecule has 0 radical (unpaired) electrons. The van der Waals surface area contributed by atoms with Crippen molar-refractivity contribution >= 4 is 29.1 Å². The van der Waals surface area contributed by atoms with E-state index in [1.807, 2.05) is 72.0 Å². The second-order valence-electron chi connectivity index (χ2n) is 17.6. The normalized spacial score (nSPS) is 38.5. The number of Topliss-reactive ketones (excluding diaryl/α,β-unsaturated/α-hetero) is 1. The number of amides is 1. The maximum Gasteiger partial charge on any atom is 0.316 e. The molecule has 3 saturated heterocycles. The first-order chi connectivity index (χ1) is 27.3. The Bertz CT molecular complexity index is 1580. The Morgan fingerprint density at radius 2 is 1.74 bits per heavy atom. The molecule has 2 N–H and O–H groups in total. The largest absolute Gasteiger partial charge is 0.459 e. The fraction of sp³-hybridized carbons (Fsp3) is 0.756. The van der Waals surface area contributed by atoms with Crippen molar-refractivity contribution in [2.75, 3.05) is 20.2 Å². The number of aliphatic hydroxyl groups excluding tert-OH is 1. The summed E-state index contributed by atoms with van der Waals surface area (Å²) >= 11 is 0. The zero-order valence-corrected chi connectivity index (χ0v) is 36.8. The van der Waals surface area contributed by atoms with Gasteiger partial charge in [-0.3, -0.25) is 14.4 Å². The molecule has 1 amide bonds. The van der Waals surface area contributed by atoms with E-state index in [0.717, 1.165) is 24.9 Å². The first-order valence-electron chi connectivity index (χ1n) is 21.4. The number of carbonyl (C=O) groups excluding carboxylic acids is 3. The molecular weight excluding hydrogens is 743 g/mol. The van der Waals surface area contributed by atoms with Gasteiger partial charge in [-0.2, -0.15) is 0 Å². The number of unbranched alkanes of at least 4 members (excludes halogenated alkanes) is 1. The highest BCUT2D eigenvalue weighted by Crippen LogP contribution is 2.42. The van der Waals surface area contributed by atoms with E-state index in [4.69, 9.17) is 23.8 Å². The quantitative estimate of drug-likeness (QED) is 0.155. The third kappa shape index (κ3) is 11.6. The average molecular weight is 814 g/mol. The number of ketones is 1. The van der Waals surface area contributed by atoms with E-state index in [0.29, 0.717) is 30.7 Å². The number of aliphatic imine (C=N–C) groups is 1. The fourth-order valence-electron chi connectivity index (χ4n) is 9.40. The van der Waals surface area contributed by atoms with Crippen LogP contribution in [0.4, 0.5) is 0 Å². The first-order valence-corrected chi connectivity index (χ1v) is 21.4. The van der Waals surface area contributed by atoms with Crippen LogP contribution in [0, 0.1) is 29.6 Å². The molecule has 0 aromatic heterocycles. The summed E-state index contributed by atoms with van der Waals surface area (Å²) in [7, 11) is 1.99. The van der Waals surface area contributed by atoms with Gasteiger partial charge in [0.25, 0.3) is 0 Å². The summed E-state index contributed by atoms with van der Waals surface area (Å²) in [5.74, 6) is -5.26. The third-order valence-corrected chi connectivity index (χ3v) is 12.8. The number of carbonyl (C=O) groups is 3. The van der Waals surface area contributed by atoms with Crippen molar-refractivity contribution in [3.63, 3.8) is 0 Å². The van der Waals surface area contributed by atoms with E-state index in [-0.39, 0.29) is 38.2 Å². The molecule has 3 aliphatic heterocycles. The topological polar surface area (TPSA) is 166 Å². The standard InChI is InChI=1S/C45H71N3O10/c1-12-14-22-48(11)36-23-28(4)56-43(40(36)51)58-41-30(6)39(50)31(7)42(52)57-37(13-2)45(10,53)35-21-20-34(47-55-25-33-18-16-15-17-19-33)26-54-44(41,9)24-27(3)38(29(35)5)46-32(8)49/h15-19,27-31,35-37,40-41,43,51,53H,12-14,20-26H2,1-11H3/b46-38+,47-34+/t27-,28-,29-,30+,31-,35-,36+,37-,40-,41-,43+,44-,45+/m1/s1. The van der Waals surface area contributed by atoms with E-state index in [9.17, 15) is 24.6 Å². The van der Waals surface area contributed by atoms with Gasteiger partial charge in [-0.1, -0.05) is 76.5 Å². The Morgan fingerprint density at radius 1 is 1.05 bits per heavy atom. The van der Waals surface area contributed by atoms with E-state index < -0.39 is 83.1 Å². The zero-order valence-electron chi connectivity index (χ0n) is 36.8. The average Bonchev–Trinajstić information content (AvgIpc) is 3.19. The smallest absolute Gasteiger partial charge is 0.316 e. The molecule has 2 bridgehead atoms. The number of aliphatic hydroxyl groups is 2. The van der Waals surface area contributed by atoms with Crippen LogP contribution in [0.2, 0.25) is 0 Å². The number of esters is 1. The maximum absolute atomic E-state index is 14.6. The van der Waals surface area contributed by atoms with Gasteiger partial charge in [-0.05, 0) is 97.2 Å². The van der Waals surface area contributed by atoms with Crippen molar-refractivity contribution in [1.82, 2.24) is 4.90 Å². The Kier molecular flexibility index (Phi) is 17.2. The summed E-state index contributed by atoms with van der Waals surface area (Å²) in [4.78, 5) is 54.0. The van der Waals surface area contributed by atoms with E-state index >= 15 is 0 Å². The van der Waals surface area contributed by atoms with Crippen LogP contribution >= 0.6 is 0 Å². The predicted octanol–water partition coefficient (Wildman–Crippen LogP) is 6.30. The lowest BCUT2D eigenvalue weighted by Gasteiger charge is -2.48. The number of likely N-dealkylation sites (N-methyl/N-ethyl adjacent to an activating group) is 1. The molecule has 4 rings (SSSR count). The molecule has 13 heteroatoms. The predicted molar refractivity (Wildman–Crippen MR) is 222 cm³/mol. The van der Waals surface area contributed by atoms with E-state index in [1.165, 1.54) is 13.8 Å². The minimum Gasteiger partial charge on any atom is -0.459 e. The molecule has 13 atom stereocenters. The van der Waals surface area contributed by atoms with Crippen LogP contribution in [0.3, 0.4) is 0 Å². The molecule has 3 aliphatic rings. The van der Waals surface area contributed by atoms with Crippen LogP contribution in [0.1, 0.15) is 120 Å². The molecule has 1 aromatic rings. The number of fused-ring (bicyclic) bond motifs is 5. The van der Waals surface area contributed by atoms with Crippen LogP contribution in [0.5, 0.6) is 0 Å². The monoisotopic (exact) mass is 814 g/mol. The minimum atomic E-state index is -1.61. The molecule has 0 unspecified atom stereocenters. The number of hydrogen-bond donors (Lipinski definition) is 2. The number of rotatable bonds is 10. The lowest BCUT2D eigenvalue weighted by molar-refractivity contribution is -0.296. The van der Waals surface area contributed by atoms with Crippen molar-refractivity contribution < 1.29 is 48.4 Å². The van der Waals surface area contributed by atoms with Gasteiger partial charge in [-0.25, -0.2) is 4.99 Å². The fourth-order valence-corrected chi connectivity index (χ4v) is 9.40. The van der Waals surface area contributed by atoms with Gasteiger partial charge in [0, 0.05) is 30.5 Å². The van der Waals surface area contributed by atoms with Gasteiger partial charge in [0.1, 0.15) is 30.3 Å². The lowest BCUT2D eigenvalue weighted by atomic mass is 9.68. The van der Waals surface area contributed by atoms with Gasteiger partial charge >= 0.3 is 5.97 Å². The van der Waals surface area contributed by atoms with Crippen molar-refractivity contribution in [1.29, 1.82) is 0 Å². The van der Waals surface area contributed by atoms with Crippen molar-refractivity contribution in [3.8, 4) is 0 Å². The van der Waals surface area contributed by atoms with Crippen molar-refractivity contribution in [3.05, 3.63) is 35.9 Å². The Morgan fingerprint density at radius 3 is 2.38 bits per heavy atom. The highest BCUT2D eigenvalue weighted by Gasteiger charge is 2.52. The maximum atomic E-state index is 14.6. The lowest BCUT2D eigenvalue weighted by Crippen LogP contribution is -2.60. The van der Waals surface area contributed by atoms with Crippen LogP contribution in [0.15, 0.2) is 40.5 Å². The number of nitrogens with zero attached hydrogens (tertiary/aromatic N) is 3. The van der Waals surface area contributed by atoms with Gasteiger partial charge in [0.15, 0.2) is 12.1 Å². The Hall–Kier alpha value is -3.07. The first kappa shape index (κ1) is 47.6. The summed E-state index contributed by atoms with van der Waals surface area (Å²) in [5, 5.41) is 29.0. The van der Waals surface area contributed by atoms with Gasteiger partial charge in [-0.15, -0.1) is 0 Å². The van der Waals surface area contributed by atoms with E-state index in [1.54, 1.807) is 13.8 Å². The van der Waals surface area contributed by atoms with Crippen molar-refractivity contribution in [2.45, 2.75) is 169 Å². The summed E-state index contributed by atoms with van der Waals surface area (Å²) < 4.78 is 26.3. The number of benzene rings is 1. The third-order valence-electron chi connectivity index (χ3n) is 12.8. The molecule has 3 heterocycles. The molecule has 326 valence electrons. The van der Waals surface area contributed by atoms with Crippen LogP contribution in [0.25, 0.3) is 0 Å². The highest BCUT2D eigenvalue weighted by molar-refractivity contribution is 6.00. The summed E-state index contributed by atoms with van der Waals surface area (Å²) in [6, 6.07) is 9.40. The Labute approximate surface area is 346 Å². The zero-order chi connectivity index (χ0) is 42.9. The number of oxime groups is 1. The van der Waals surface area contributed by atoms with Crippen LogP contribution in [-0.4, -0.2) is 112 Å².